The fourth-order valence-corrected chi connectivity index (χ4v) is 6.00. The molecule has 3 aromatic carbocycles. The Morgan fingerprint density at radius 2 is 1.87 bits per heavy atom. The minimum absolute atomic E-state index is 0.182. The van der Waals surface area contributed by atoms with E-state index in [-0.39, 0.29) is 11.5 Å². The third-order valence-electron chi connectivity index (χ3n) is 7.30. The van der Waals surface area contributed by atoms with Gasteiger partial charge in [-0.2, -0.15) is 0 Å². The molecule has 194 valence electrons. The normalized spacial score (nSPS) is 16.5. The summed E-state index contributed by atoms with van der Waals surface area (Å²) in [6.07, 6.45) is 2.10. The molecule has 0 N–H and O–H groups in total. The van der Waals surface area contributed by atoms with Crippen LogP contribution in [0.4, 0.5) is 4.39 Å². The van der Waals surface area contributed by atoms with E-state index >= 15 is 0 Å². The molecule has 1 fully saturated rings. The van der Waals surface area contributed by atoms with Crippen LogP contribution in [0.5, 0.6) is 11.5 Å². The van der Waals surface area contributed by atoms with Crippen molar-refractivity contribution in [1.82, 2.24) is 19.4 Å². The lowest BCUT2D eigenvalue weighted by Crippen LogP contribution is -2.42. The molecule has 1 saturated heterocycles. The zero-order valence-electron chi connectivity index (χ0n) is 21.4. The van der Waals surface area contributed by atoms with E-state index in [1.807, 2.05) is 18.2 Å². The van der Waals surface area contributed by atoms with E-state index in [2.05, 4.69) is 23.7 Å². The van der Waals surface area contributed by atoms with Crippen molar-refractivity contribution >= 4 is 32.5 Å². The summed E-state index contributed by atoms with van der Waals surface area (Å²) in [5, 5.41) is 0.456. The Hall–Kier alpha value is -3.62. The van der Waals surface area contributed by atoms with Gasteiger partial charge in [0.1, 0.15) is 23.1 Å². The first kappa shape index (κ1) is 24.7. The number of piperidine rings is 1. The average molecular weight is 529 g/mol. The first-order chi connectivity index (χ1) is 18.5. The number of thiazole rings is 1. The van der Waals surface area contributed by atoms with Gasteiger partial charge in [-0.1, -0.05) is 12.1 Å². The van der Waals surface area contributed by atoms with Gasteiger partial charge in [0, 0.05) is 25.2 Å². The molecule has 6 rings (SSSR count). The van der Waals surface area contributed by atoms with E-state index in [1.54, 1.807) is 57.8 Å². The molecule has 0 radical (unpaired) electrons. The molecule has 0 amide bonds. The fourth-order valence-electron chi connectivity index (χ4n) is 5.29. The molecule has 8 heteroatoms. The number of halogens is 1. The molecule has 0 unspecified atom stereocenters. The maximum atomic E-state index is 14.9. The van der Waals surface area contributed by atoms with E-state index in [0.29, 0.717) is 46.4 Å². The molecule has 1 atom stereocenters. The highest BCUT2D eigenvalue weighted by Crippen LogP contribution is 2.30. The molecule has 0 spiro atoms. The Morgan fingerprint density at radius 3 is 2.68 bits per heavy atom. The third kappa shape index (κ3) is 4.81. The maximum Gasteiger partial charge on any atom is 0.261 e. The number of aromatic nitrogens is 3. The van der Waals surface area contributed by atoms with Crippen molar-refractivity contribution in [1.29, 1.82) is 0 Å². The van der Waals surface area contributed by atoms with Crippen molar-refractivity contribution in [3.8, 4) is 22.9 Å². The second-order valence-electron chi connectivity index (χ2n) is 10.2. The van der Waals surface area contributed by atoms with Crippen molar-refractivity contribution in [2.45, 2.75) is 39.3 Å². The van der Waals surface area contributed by atoms with Gasteiger partial charge < -0.3 is 9.64 Å². The Labute approximate surface area is 224 Å². The Bertz CT molecular complexity index is 1680. The SMILES string of the molecule is CC(C)N1CCC[C@H](Cn2c(-c3ccccc3F)nc3ccc(Oc4ccc5ncsc5c4)cc3c2=O)C1. The van der Waals surface area contributed by atoms with Gasteiger partial charge in [-0.25, -0.2) is 14.4 Å². The van der Waals surface area contributed by atoms with Gasteiger partial charge in [0.15, 0.2) is 0 Å². The third-order valence-corrected chi connectivity index (χ3v) is 8.09. The molecule has 5 aromatic rings. The molecule has 0 saturated carbocycles. The zero-order chi connectivity index (χ0) is 26.2. The van der Waals surface area contributed by atoms with Gasteiger partial charge in [0.05, 0.1) is 32.2 Å². The lowest BCUT2D eigenvalue weighted by Gasteiger charge is -2.35. The van der Waals surface area contributed by atoms with Crippen LogP contribution >= 0.6 is 11.3 Å². The number of nitrogens with zero attached hydrogens (tertiary/aromatic N) is 4. The van der Waals surface area contributed by atoms with Crippen LogP contribution in [-0.4, -0.2) is 38.6 Å². The zero-order valence-corrected chi connectivity index (χ0v) is 22.2. The van der Waals surface area contributed by atoms with Gasteiger partial charge in [-0.05, 0) is 81.6 Å². The maximum absolute atomic E-state index is 14.9. The fraction of sp³-hybridized carbons (Fsp3) is 0.300. The summed E-state index contributed by atoms with van der Waals surface area (Å²) in [7, 11) is 0. The van der Waals surface area contributed by atoms with E-state index in [0.717, 1.165) is 36.1 Å². The molecule has 6 nitrogen and oxygen atoms in total. The number of rotatable bonds is 6. The van der Waals surface area contributed by atoms with Crippen molar-refractivity contribution < 1.29 is 9.13 Å². The summed E-state index contributed by atoms with van der Waals surface area (Å²) in [5.74, 6) is 1.48. The molecular weight excluding hydrogens is 499 g/mol. The molecule has 3 heterocycles. The standard InChI is InChI=1S/C30H29FN4O2S/c1-19(2)34-13-5-6-20(16-34)17-35-29(23-7-3-4-8-25(23)31)33-26-11-9-21(14-24(26)30(35)36)37-22-10-12-27-28(15-22)38-18-32-27/h3-4,7-12,14-15,18-20H,5-6,13,16-17H2,1-2H3/t20-/m0/s1. The van der Waals surface area contributed by atoms with Gasteiger partial charge >= 0.3 is 0 Å². The van der Waals surface area contributed by atoms with Crippen LogP contribution in [0, 0.1) is 11.7 Å². The van der Waals surface area contributed by atoms with Crippen LogP contribution in [0.1, 0.15) is 26.7 Å². The summed E-state index contributed by atoms with van der Waals surface area (Å²) >= 11 is 1.55. The largest absolute Gasteiger partial charge is 0.457 e. The Balaban J connectivity index is 1.42. The smallest absolute Gasteiger partial charge is 0.261 e. The van der Waals surface area contributed by atoms with Gasteiger partial charge in [0.25, 0.3) is 5.56 Å². The lowest BCUT2D eigenvalue weighted by atomic mass is 9.96. The van der Waals surface area contributed by atoms with Crippen molar-refractivity contribution in [3.63, 3.8) is 0 Å². The number of likely N-dealkylation sites (tertiary alicyclic amines) is 1. The van der Waals surface area contributed by atoms with Gasteiger partial charge in [-0.3, -0.25) is 9.36 Å². The summed E-state index contributed by atoms with van der Waals surface area (Å²) in [4.78, 5) is 25.6. The van der Waals surface area contributed by atoms with E-state index in [1.165, 1.54) is 6.07 Å². The average Bonchev–Trinajstić information content (AvgIpc) is 3.39. The minimum Gasteiger partial charge on any atom is -0.457 e. The van der Waals surface area contributed by atoms with Crippen LogP contribution in [0.15, 0.2) is 71.0 Å². The molecular formula is C30H29FN4O2S. The molecule has 0 aliphatic carbocycles. The Kier molecular flexibility index (Phi) is 6.68. The van der Waals surface area contributed by atoms with Crippen LogP contribution in [0.25, 0.3) is 32.5 Å². The highest BCUT2D eigenvalue weighted by Gasteiger charge is 2.25. The van der Waals surface area contributed by atoms with Crippen molar-refractivity contribution in [2.75, 3.05) is 13.1 Å². The number of hydrogen-bond acceptors (Lipinski definition) is 6. The lowest BCUT2D eigenvalue weighted by molar-refractivity contribution is 0.130. The van der Waals surface area contributed by atoms with E-state index in [4.69, 9.17) is 9.72 Å². The number of benzene rings is 3. The van der Waals surface area contributed by atoms with E-state index in [9.17, 15) is 9.18 Å². The second-order valence-corrected chi connectivity index (χ2v) is 11.1. The van der Waals surface area contributed by atoms with Gasteiger partial charge in [-0.15, -0.1) is 11.3 Å². The summed E-state index contributed by atoms with van der Waals surface area (Å²) < 4.78 is 23.8. The van der Waals surface area contributed by atoms with Gasteiger partial charge in [0.2, 0.25) is 0 Å². The molecule has 2 aromatic heterocycles. The summed E-state index contributed by atoms with van der Waals surface area (Å²) in [6.45, 7) is 6.85. The van der Waals surface area contributed by atoms with Crippen LogP contribution in [-0.2, 0) is 6.54 Å². The molecule has 1 aliphatic rings. The first-order valence-corrected chi connectivity index (χ1v) is 13.9. The van der Waals surface area contributed by atoms with Crippen LogP contribution in [0.3, 0.4) is 0 Å². The number of hydrogen-bond donors (Lipinski definition) is 0. The van der Waals surface area contributed by atoms with E-state index < -0.39 is 5.82 Å². The topological polar surface area (TPSA) is 60.3 Å². The first-order valence-electron chi connectivity index (χ1n) is 13.0. The predicted molar refractivity (Wildman–Crippen MR) is 151 cm³/mol. The Morgan fingerprint density at radius 1 is 1.08 bits per heavy atom. The predicted octanol–water partition coefficient (Wildman–Crippen LogP) is 6.73. The van der Waals surface area contributed by atoms with Crippen molar-refractivity contribution in [3.05, 3.63) is 82.3 Å². The minimum atomic E-state index is -0.390. The highest BCUT2D eigenvalue weighted by atomic mass is 32.1. The summed E-state index contributed by atoms with van der Waals surface area (Å²) in [5.41, 5.74) is 3.40. The highest BCUT2D eigenvalue weighted by molar-refractivity contribution is 7.16. The van der Waals surface area contributed by atoms with Crippen molar-refractivity contribution in [2.24, 2.45) is 5.92 Å². The molecule has 0 bridgehead atoms. The summed E-state index contributed by atoms with van der Waals surface area (Å²) in [6, 6.07) is 18.0. The molecule has 1 aliphatic heterocycles. The quantitative estimate of drug-likeness (QED) is 0.245. The number of ether oxygens (including phenoxy) is 1. The van der Waals surface area contributed by atoms with Crippen LogP contribution in [0.2, 0.25) is 0 Å². The molecule has 38 heavy (non-hydrogen) atoms. The number of fused-ring (bicyclic) bond motifs is 2. The van der Waals surface area contributed by atoms with Crippen LogP contribution < -0.4 is 10.3 Å². The second kappa shape index (κ2) is 10.3. The monoisotopic (exact) mass is 528 g/mol.